The third-order valence-electron chi connectivity index (χ3n) is 2.90. The number of carboxylic acids is 1. The number of hydrogen-bond donors (Lipinski definition) is 1. The molecule has 30 heavy (non-hydrogen) atoms. The molecule has 0 amide bonds. The molecule has 0 saturated heterocycles. The molecule has 0 heterocycles. The lowest BCUT2D eigenvalue weighted by Crippen LogP contribution is -2.14. The maximum absolute atomic E-state index is 9.72. The molecule has 0 radical (unpaired) electrons. The number of nitrogens with zero attached hydrogens (tertiary/aromatic N) is 2. The first-order valence-corrected chi connectivity index (χ1v) is 9.80. The summed E-state index contributed by atoms with van der Waals surface area (Å²) in [6, 6.07) is 10.3. The van der Waals surface area contributed by atoms with E-state index in [1.54, 1.807) is 26.0 Å². The number of nitriles is 1. The van der Waals surface area contributed by atoms with Crippen LogP contribution in [0.1, 0.15) is 45.7 Å². The van der Waals surface area contributed by atoms with Crippen LogP contribution >= 0.6 is 23.2 Å². The number of rotatable bonds is 5. The number of carbonyl (C=O) groups is 2. The summed E-state index contributed by atoms with van der Waals surface area (Å²) in [7, 11) is 2.01. The molecule has 1 aromatic carbocycles. The fourth-order valence-corrected chi connectivity index (χ4v) is 1.88. The lowest BCUT2D eigenvalue weighted by molar-refractivity contribution is -0.131. The third kappa shape index (κ3) is 23.5. The van der Waals surface area contributed by atoms with Gasteiger partial charge in [-0.25, -0.2) is 4.79 Å². The Morgan fingerprint density at radius 1 is 1.10 bits per heavy atom. The van der Waals surface area contributed by atoms with Crippen molar-refractivity contribution in [2.24, 2.45) is 0 Å². The second-order valence-corrected chi connectivity index (χ2v) is 6.73. The van der Waals surface area contributed by atoms with E-state index in [2.05, 4.69) is 36.1 Å². The molecule has 0 aliphatic heterocycles. The number of aryl methyl sites for hydroxylation is 1. The molecule has 0 unspecified atom stereocenters. The molecular formula is C23H32Cl2N2O3. The Morgan fingerprint density at radius 2 is 1.53 bits per heavy atom. The Hall–Kier alpha value is -2.55. The van der Waals surface area contributed by atoms with Crippen LogP contribution < -0.4 is 0 Å². The number of benzene rings is 1. The largest absolute Gasteiger partial charge is 0.478 e. The second kappa shape index (κ2) is 21.2. The molecule has 5 nitrogen and oxygen atoms in total. The minimum atomic E-state index is -0.891. The van der Waals surface area contributed by atoms with Gasteiger partial charge < -0.3 is 10.0 Å². The van der Waals surface area contributed by atoms with Crippen molar-refractivity contribution < 1.29 is 14.7 Å². The zero-order chi connectivity index (χ0) is 24.1. The third-order valence-corrected chi connectivity index (χ3v) is 3.69. The van der Waals surface area contributed by atoms with Crippen molar-refractivity contribution in [1.29, 1.82) is 5.26 Å². The van der Waals surface area contributed by atoms with Crippen molar-refractivity contribution in [3.05, 3.63) is 70.4 Å². The molecule has 0 bridgehead atoms. The van der Waals surface area contributed by atoms with Gasteiger partial charge in [-0.1, -0.05) is 53.6 Å². The Labute approximate surface area is 190 Å². The van der Waals surface area contributed by atoms with Crippen LogP contribution in [-0.4, -0.2) is 28.3 Å². The van der Waals surface area contributed by atoms with Crippen molar-refractivity contribution in [2.75, 3.05) is 7.05 Å². The van der Waals surface area contributed by atoms with E-state index in [0.29, 0.717) is 0 Å². The van der Waals surface area contributed by atoms with Gasteiger partial charge in [0, 0.05) is 26.6 Å². The second-order valence-electron chi connectivity index (χ2n) is 6.00. The van der Waals surface area contributed by atoms with E-state index in [-0.39, 0.29) is 0 Å². The highest BCUT2D eigenvalue weighted by Gasteiger charge is 2.03. The molecule has 0 aliphatic carbocycles. The molecule has 0 aromatic heterocycles. The predicted molar refractivity (Wildman–Crippen MR) is 126 cm³/mol. The molecule has 1 aromatic rings. The summed E-state index contributed by atoms with van der Waals surface area (Å²) in [5.41, 5.74) is 3.71. The number of aliphatic carboxylic acids is 1. The van der Waals surface area contributed by atoms with Gasteiger partial charge in [0.05, 0.1) is 6.07 Å². The van der Waals surface area contributed by atoms with Gasteiger partial charge in [-0.2, -0.15) is 5.26 Å². The van der Waals surface area contributed by atoms with E-state index in [4.69, 9.17) is 33.6 Å². The lowest BCUT2D eigenvalue weighted by Gasteiger charge is -2.19. The molecule has 7 heteroatoms. The van der Waals surface area contributed by atoms with Crippen molar-refractivity contribution in [3.8, 4) is 6.07 Å². The number of hydrogen-bond acceptors (Lipinski definition) is 4. The molecule has 1 rings (SSSR count). The van der Waals surface area contributed by atoms with Crippen LogP contribution in [0.25, 0.3) is 0 Å². The van der Waals surface area contributed by atoms with Crippen LogP contribution in [0.3, 0.4) is 0 Å². The maximum Gasteiger partial charge on any atom is 0.327 e. The summed E-state index contributed by atoms with van der Waals surface area (Å²) in [5.74, 6) is -0.891. The lowest BCUT2D eigenvalue weighted by atomic mass is 10.1. The van der Waals surface area contributed by atoms with Gasteiger partial charge in [-0.3, -0.25) is 4.79 Å². The fourth-order valence-electron chi connectivity index (χ4n) is 1.69. The van der Waals surface area contributed by atoms with Gasteiger partial charge in [-0.05, 0) is 63.4 Å². The molecule has 1 N–H and O–H groups in total. The summed E-state index contributed by atoms with van der Waals surface area (Å²) in [5, 5.41) is 15.6. The van der Waals surface area contributed by atoms with Gasteiger partial charge in [0.25, 0.3) is 0 Å². The van der Waals surface area contributed by atoms with Crippen molar-refractivity contribution >= 4 is 34.4 Å². The minimum Gasteiger partial charge on any atom is -0.478 e. The highest BCUT2D eigenvalue weighted by atomic mass is 35.5. The van der Waals surface area contributed by atoms with E-state index >= 15 is 0 Å². The highest BCUT2D eigenvalue weighted by molar-refractivity contribution is 6.66. The van der Waals surface area contributed by atoms with Gasteiger partial charge in [0.15, 0.2) is 0 Å². The molecule has 0 saturated carbocycles. The van der Waals surface area contributed by atoms with Crippen molar-refractivity contribution in [2.45, 2.75) is 48.1 Å². The van der Waals surface area contributed by atoms with Crippen LogP contribution in [0.5, 0.6) is 0 Å². The Morgan fingerprint density at radius 3 is 1.77 bits per heavy atom. The topological polar surface area (TPSA) is 81.4 Å². The zero-order valence-electron chi connectivity index (χ0n) is 18.7. The molecule has 0 atom stereocenters. The zero-order valence-corrected chi connectivity index (χ0v) is 20.3. The van der Waals surface area contributed by atoms with Gasteiger partial charge >= 0.3 is 5.97 Å². The van der Waals surface area contributed by atoms with Crippen LogP contribution in [-0.2, 0) is 16.1 Å². The summed E-state index contributed by atoms with van der Waals surface area (Å²) in [6.45, 7) is 11.8. The first-order valence-electron chi connectivity index (χ1n) is 9.04. The van der Waals surface area contributed by atoms with E-state index in [0.717, 1.165) is 23.4 Å². The summed E-state index contributed by atoms with van der Waals surface area (Å²) in [6.07, 6.45) is 5.44. The molecule has 166 valence electrons. The van der Waals surface area contributed by atoms with Crippen LogP contribution in [0.15, 0.2) is 59.3 Å². The monoisotopic (exact) mass is 454 g/mol. The Kier molecular flexibility index (Phi) is 22.7. The molecule has 0 spiro atoms. The fraction of sp³-hybridized carbons (Fsp3) is 0.348. The smallest absolute Gasteiger partial charge is 0.327 e. The SMILES string of the molecule is C/C=C/C(=O)Cl.C/C=C/C(=O)O.CC#N.CC(C)=C(Cl)N(C)Cc1ccc(C)cc1. The summed E-state index contributed by atoms with van der Waals surface area (Å²) in [4.78, 5) is 21.3. The first kappa shape index (κ1) is 32.1. The minimum absolute atomic E-state index is 0.419. The van der Waals surface area contributed by atoms with Crippen LogP contribution in [0, 0.1) is 18.3 Å². The van der Waals surface area contributed by atoms with E-state index in [9.17, 15) is 9.59 Å². The van der Waals surface area contributed by atoms with Crippen molar-refractivity contribution in [1.82, 2.24) is 4.90 Å². The van der Waals surface area contributed by atoms with Gasteiger partial charge in [0.1, 0.15) is 5.16 Å². The number of carbonyl (C=O) groups excluding carboxylic acids is 1. The molecular weight excluding hydrogens is 423 g/mol. The first-order chi connectivity index (χ1) is 14.0. The summed E-state index contributed by atoms with van der Waals surface area (Å²) >= 11 is 11.0. The van der Waals surface area contributed by atoms with E-state index < -0.39 is 11.2 Å². The molecule has 0 fully saturated rings. The Bertz CT molecular complexity index is 721. The van der Waals surface area contributed by atoms with E-state index in [1.807, 2.05) is 20.9 Å². The van der Waals surface area contributed by atoms with Crippen molar-refractivity contribution in [3.63, 3.8) is 0 Å². The van der Waals surface area contributed by atoms with Gasteiger partial charge in [0.2, 0.25) is 5.24 Å². The number of carboxylic acid groups (broad SMARTS) is 1. The standard InChI is InChI=1S/C13H18ClN.C4H5ClO.C4H6O2.C2H3N/c1-10(2)13(14)15(4)9-12-7-5-11(3)6-8-12;2*1-2-3-4(5)6;1-2-3/h5-8H,9H2,1-4H3;2-3H,1H3;2-3H,1H3,(H,5,6);1H3/b;2*3-2+;. The molecule has 0 aliphatic rings. The number of allylic oxidation sites excluding steroid dienone is 4. The Balaban J connectivity index is -0.000000402. The van der Waals surface area contributed by atoms with Gasteiger partial charge in [-0.15, -0.1) is 0 Å². The maximum atomic E-state index is 9.72. The predicted octanol–water partition coefficient (Wildman–Crippen LogP) is 6.42. The van der Waals surface area contributed by atoms with Crippen LogP contribution in [0.2, 0.25) is 0 Å². The number of halogens is 2. The average Bonchev–Trinajstić information content (AvgIpc) is 2.64. The van der Waals surface area contributed by atoms with E-state index in [1.165, 1.54) is 30.2 Å². The highest BCUT2D eigenvalue weighted by Crippen LogP contribution is 2.16. The average molecular weight is 455 g/mol. The summed E-state index contributed by atoms with van der Waals surface area (Å²) < 4.78 is 0. The quantitative estimate of drug-likeness (QED) is 0.315. The van der Waals surface area contributed by atoms with Crippen LogP contribution in [0.4, 0.5) is 0 Å². The normalized spacial score (nSPS) is 9.07.